The van der Waals surface area contributed by atoms with Gasteiger partial charge in [0.05, 0.1) is 0 Å². The van der Waals surface area contributed by atoms with Gasteiger partial charge in [0.25, 0.3) is 0 Å². The lowest BCUT2D eigenvalue weighted by Gasteiger charge is -2.24. The van der Waals surface area contributed by atoms with Gasteiger partial charge in [0.2, 0.25) is 17.8 Å². The summed E-state index contributed by atoms with van der Waals surface area (Å²) in [5.74, 6) is 2.54. The minimum absolute atomic E-state index is 0.174. The quantitative estimate of drug-likeness (QED) is 0.476. The van der Waals surface area contributed by atoms with Crippen LogP contribution in [0.5, 0.6) is 0 Å². The zero-order valence-electron chi connectivity index (χ0n) is 19.0. The van der Waals surface area contributed by atoms with Crippen molar-refractivity contribution in [3.05, 3.63) is 36.0 Å². The van der Waals surface area contributed by atoms with E-state index in [1.54, 1.807) is 0 Å². The number of hydrogen-bond donors (Lipinski definition) is 3. The molecular formula is C25H32N6O2. The summed E-state index contributed by atoms with van der Waals surface area (Å²) >= 11 is 0. The average molecular weight is 449 g/mol. The van der Waals surface area contributed by atoms with Gasteiger partial charge in [-0.2, -0.15) is 4.98 Å². The third kappa shape index (κ3) is 5.26. The van der Waals surface area contributed by atoms with Crippen LogP contribution in [0.2, 0.25) is 0 Å². The molecular weight excluding hydrogens is 416 g/mol. The number of rotatable bonds is 10. The van der Waals surface area contributed by atoms with Crippen LogP contribution in [0, 0.1) is 5.92 Å². The molecule has 1 saturated heterocycles. The Bertz CT molecular complexity index is 1020. The van der Waals surface area contributed by atoms with Gasteiger partial charge < -0.3 is 20.9 Å². The monoisotopic (exact) mass is 448 g/mol. The van der Waals surface area contributed by atoms with Gasteiger partial charge in [-0.05, 0) is 62.6 Å². The summed E-state index contributed by atoms with van der Waals surface area (Å²) < 4.78 is 0. The lowest BCUT2D eigenvalue weighted by atomic mass is 9.85. The third-order valence-electron chi connectivity index (χ3n) is 6.74. The molecule has 0 spiro atoms. The number of amides is 2. The highest BCUT2D eigenvalue weighted by molar-refractivity contribution is 5.95. The molecule has 1 aliphatic heterocycles. The number of nitrogens with zero attached hydrogens (tertiary/aromatic N) is 3. The number of anilines is 4. The summed E-state index contributed by atoms with van der Waals surface area (Å²) in [6, 6.07) is 7.83. The molecule has 2 saturated carbocycles. The van der Waals surface area contributed by atoms with Gasteiger partial charge in [0.1, 0.15) is 5.82 Å². The maximum atomic E-state index is 12.1. The number of carbonyl (C=O) groups excluding carboxylic acids is 2. The van der Waals surface area contributed by atoms with Crippen LogP contribution >= 0.6 is 0 Å². The van der Waals surface area contributed by atoms with Crippen molar-refractivity contribution in [2.24, 2.45) is 5.92 Å². The van der Waals surface area contributed by atoms with Gasteiger partial charge in [-0.25, -0.2) is 4.98 Å². The van der Waals surface area contributed by atoms with Crippen LogP contribution in [0.1, 0.15) is 62.8 Å². The summed E-state index contributed by atoms with van der Waals surface area (Å²) in [5, 5.41) is 9.80. The minimum atomic E-state index is 0.174. The maximum absolute atomic E-state index is 12.1. The molecule has 0 radical (unpaired) electrons. The van der Waals surface area contributed by atoms with Crippen LogP contribution in [0.25, 0.3) is 0 Å². The Balaban J connectivity index is 1.20. The van der Waals surface area contributed by atoms with Crippen molar-refractivity contribution in [2.45, 2.75) is 57.3 Å². The predicted molar refractivity (Wildman–Crippen MR) is 129 cm³/mol. The molecule has 174 valence electrons. The fraction of sp³-hybridized carbons (Fsp3) is 0.520. The average Bonchev–Trinajstić information content (AvgIpc) is 3.52. The van der Waals surface area contributed by atoms with Crippen LogP contribution in [-0.4, -0.2) is 41.4 Å². The summed E-state index contributed by atoms with van der Waals surface area (Å²) in [5.41, 5.74) is 2.92. The molecule has 33 heavy (non-hydrogen) atoms. The lowest BCUT2D eigenvalue weighted by molar-refractivity contribution is -0.127. The van der Waals surface area contributed by atoms with E-state index in [2.05, 4.69) is 20.9 Å². The van der Waals surface area contributed by atoms with Gasteiger partial charge in [-0.15, -0.1) is 0 Å². The number of benzene rings is 1. The number of hydrogen-bond acceptors (Lipinski definition) is 6. The van der Waals surface area contributed by atoms with Crippen molar-refractivity contribution >= 4 is 35.0 Å². The lowest BCUT2D eigenvalue weighted by Crippen LogP contribution is -2.35. The Morgan fingerprint density at radius 1 is 1.12 bits per heavy atom. The molecule has 0 unspecified atom stereocenters. The minimum Gasteiger partial charge on any atom is -0.370 e. The largest absolute Gasteiger partial charge is 0.370 e. The first-order valence-electron chi connectivity index (χ1n) is 12.2. The van der Waals surface area contributed by atoms with E-state index in [9.17, 15) is 9.59 Å². The first-order chi connectivity index (χ1) is 16.2. The van der Waals surface area contributed by atoms with Crippen molar-refractivity contribution in [3.63, 3.8) is 0 Å². The van der Waals surface area contributed by atoms with E-state index < -0.39 is 0 Å². The van der Waals surface area contributed by atoms with Crippen molar-refractivity contribution < 1.29 is 9.59 Å². The van der Waals surface area contributed by atoms with E-state index in [1.807, 2.05) is 35.4 Å². The second-order valence-corrected chi connectivity index (χ2v) is 9.30. The normalized spacial score (nSPS) is 18.2. The van der Waals surface area contributed by atoms with Crippen LogP contribution in [-0.2, 0) is 9.59 Å². The Morgan fingerprint density at radius 3 is 2.73 bits per heavy atom. The molecule has 2 amide bonds. The summed E-state index contributed by atoms with van der Waals surface area (Å²) in [7, 11) is 0. The molecule has 2 heterocycles. The molecule has 3 aliphatic rings. The first kappa shape index (κ1) is 21.7. The maximum Gasteiger partial charge on any atom is 0.229 e. The zero-order chi connectivity index (χ0) is 22.6. The van der Waals surface area contributed by atoms with E-state index in [0.717, 1.165) is 61.5 Å². The topological polar surface area (TPSA) is 99.2 Å². The summed E-state index contributed by atoms with van der Waals surface area (Å²) in [4.78, 5) is 35.2. The second kappa shape index (κ2) is 9.77. The Labute approximate surface area is 194 Å². The molecule has 0 bridgehead atoms. The van der Waals surface area contributed by atoms with Gasteiger partial charge in [-0.3, -0.25) is 9.59 Å². The van der Waals surface area contributed by atoms with Crippen LogP contribution < -0.4 is 20.9 Å². The molecule has 3 fully saturated rings. The summed E-state index contributed by atoms with van der Waals surface area (Å²) in [6.07, 6.45) is 9.87. The van der Waals surface area contributed by atoms with Crippen LogP contribution in [0.3, 0.4) is 0 Å². The molecule has 5 rings (SSSR count). The van der Waals surface area contributed by atoms with Crippen molar-refractivity contribution in [1.29, 1.82) is 0 Å². The number of aromatic nitrogens is 2. The number of carbonyl (C=O) groups is 2. The van der Waals surface area contributed by atoms with E-state index in [-0.39, 0.29) is 17.7 Å². The molecule has 1 aromatic carbocycles. The fourth-order valence-electron chi connectivity index (χ4n) is 4.41. The van der Waals surface area contributed by atoms with Gasteiger partial charge in [-0.1, -0.05) is 12.5 Å². The Hall–Kier alpha value is -3.16. The molecule has 1 aromatic heterocycles. The molecule has 2 aliphatic carbocycles. The summed E-state index contributed by atoms with van der Waals surface area (Å²) in [6.45, 7) is 2.19. The van der Waals surface area contributed by atoms with Crippen molar-refractivity contribution in [1.82, 2.24) is 15.3 Å². The van der Waals surface area contributed by atoms with E-state index in [4.69, 9.17) is 4.98 Å². The van der Waals surface area contributed by atoms with Crippen molar-refractivity contribution in [3.8, 4) is 0 Å². The van der Waals surface area contributed by atoms with Gasteiger partial charge in [0, 0.05) is 55.1 Å². The molecule has 2 aromatic rings. The second-order valence-electron chi connectivity index (χ2n) is 9.30. The first-order valence-corrected chi connectivity index (χ1v) is 12.2. The van der Waals surface area contributed by atoms with Crippen LogP contribution in [0.15, 0.2) is 30.5 Å². The standard InChI is InChI=1S/C25H32N6O2/c32-22-9-3-14-31(22)20-8-2-7-19(15-20)29-25-28-16-21(17-10-11-17)23(30-25)26-12-4-13-27-24(33)18-5-1-6-18/h2,7-8,15-18H,1,3-6,9-14H2,(H,27,33)(H2,26,28,29,30). The molecule has 3 N–H and O–H groups in total. The Kier molecular flexibility index (Phi) is 6.41. The van der Waals surface area contributed by atoms with E-state index >= 15 is 0 Å². The van der Waals surface area contributed by atoms with E-state index in [0.29, 0.717) is 24.8 Å². The van der Waals surface area contributed by atoms with E-state index in [1.165, 1.54) is 19.3 Å². The number of nitrogens with one attached hydrogen (secondary N) is 3. The van der Waals surface area contributed by atoms with Crippen LogP contribution in [0.4, 0.5) is 23.1 Å². The molecule has 8 heteroatoms. The molecule has 8 nitrogen and oxygen atoms in total. The van der Waals surface area contributed by atoms with Crippen molar-refractivity contribution in [2.75, 3.05) is 35.2 Å². The highest BCUT2D eigenvalue weighted by atomic mass is 16.2. The Morgan fingerprint density at radius 2 is 2.00 bits per heavy atom. The van der Waals surface area contributed by atoms with Gasteiger partial charge >= 0.3 is 0 Å². The van der Waals surface area contributed by atoms with Gasteiger partial charge in [0.15, 0.2) is 0 Å². The highest BCUT2D eigenvalue weighted by Crippen LogP contribution is 2.42. The predicted octanol–water partition coefficient (Wildman–Crippen LogP) is 3.94. The zero-order valence-corrected chi connectivity index (χ0v) is 19.0. The smallest absolute Gasteiger partial charge is 0.229 e. The highest BCUT2D eigenvalue weighted by Gasteiger charge is 2.28. The third-order valence-corrected chi connectivity index (χ3v) is 6.74. The SMILES string of the molecule is O=C(NCCCNc1nc(Nc2cccc(N3CCCC3=O)c2)ncc1C1CC1)C1CCC1. The molecule has 0 atom stereocenters. The fourth-order valence-corrected chi connectivity index (χ4v) is 4.41.